The van der Waals surface area contributed by atoms with Gasteiger partial charge >= 0.3 is 5.97 Å². The van der Waals surface area contributed by atoms with Gasteiger partial charge in [0, 0.05) is 26.1 Å². The fourth-order valence-corrected chi connectivity index (χ4v) is 4.28. The van der Waals surface area contributed by atoms with E-state index in [4.69, 9.17) is 4.74 Å². The second kappa shape index (κ2) is 7.14. The van der Waals surface area contributed by atoms with Crippen LogP contribution in [0.1, 0.15) is 12.8 Å². The minimum absolute atomic E-state index is 0.0320. The van der Waals surface area contributed by atoms with E-state index in [9.17, 15) is 22.7 Å². The van der Waals surface area contributed by atoms with E-state index in [1.54, 1.807) is 24.3 Å². The Kier molecular flexibility index (Phi) is 5.08. The van der Waals surface area contributed by atoms with Crippen molar-refractivity contribution in [1.29, 1.82) is 0 Å². The zero-order valence-corrected chi connectivity index (χ0v) is 14.6. The first-order chi connectivity index (χ1) is 12.3. The molecule has 0 aliphatic carbocycles. The Bertz CT molecular complexity index is 888. The largest absolute Gasteiger partial charge is 0.480 e. The SMILES string of the molecule is O=C(O)C1(NS(=O)(=O)c2ccc(-c3ccc(F)cc3)cc2)CCOCC1. The van der Waals surface area contributed by atoms with Gasteiger partial charge < -0.3 is 9.84 Å². The molecular formula is C18H18FNO5S. The Morgan fingerprint density at radius 2 is 1.50 bits per heavy atom. The summed E-state index contributed by atoms with van der Waals surface area (Å²) >= 11 is 0. The fraction of sp³-hybridized carbons (Fsp3) is 0.278. The molecule has 2 aromatic rings. The molecule has 6 nitrogen and oxygen atoms in total. The molecule has 26 heavy (non-hydrogen) atoms. The number of carboxylic acid groups (broad SMARTS) is 1. The summed E-state index contributed by atoms with van der Waals surface area (Å²) in [6.07, 6.45) is 0.129. The van der Waals surface area contributed by atoms with Crippen LogP contribution >= 0.6 is 0 Å². The monoisotopic (exact) mass is 379 g/mol. The topological polar surface area (TPSA) is 92.7 Å². The third-order valence-corrected chi connectivity index (χ3v) is 5.98. The molecule has 1 aliphatic heterocycles. The van der Waals surface area contributed by atoms with E-state index in [1.165, 1.54) is 24.3 Å². The highest BCUT2D eigenvalue weighted by molar-refractivity contribution is 7.89. The van der Waals surface area contributed by atoms with E-state index in [1.807, 2.05) is 0 Å². The summed E-state index contributed by atoms with van der Waals surface area (Å²) in [5.41, 5.74) is -0.0927. The van der Waals surface area contributed by atoms with E-state index in [0.717, 1.165) is 11.1 Å². The lowest BCUT2D eigenvalue weighted by Gasteiger charge is -2.33. The number of carbonyl (C=O) groups is 1. The van der Waals surface area contributed by atoms with Crippen molar-refractivity contribution in [2.45, 2.75) is 23.3 Å². The summed E-state index contributed by atoms with van der Waals surface area (Å²) in [4.78, 5) is 11.6. The Labute approximate surface area is 150 Å². The molecule has 1 heterocycles. The summed E-state index contributed by atoms with van der Waals surface area (Å²) in [5, 5.41) is 9.50. The zero-order valence-electron chi connectivity index (χ0n) is 13.8. The molecule has 0 unspecified atom stereocenters. The average Bonchev–Trinajstić information content (AvgIpc) is 2.63. The number of halogens is 1. The zero-order chi connectivity index (χ0) is 18.8. The molecule has 1 aliphatic rings. The lowest BCUT2D eigenvalue weighted by molar-refractivity contribution is -0.147. The van der Waals surface area contributed by atoms with E-state index in [-0.39, 0.29) is 36.8 Å². The highest BCUT2D eigenvalue weighted by Crippen LogP contribution is 2.26. The van der Waals surface area contributed by atoms with Crippen molar-refractivity contribution >= 4 is 16.0 Å². The maximum Gasteiger partial charge on any atom is 0.325 e. The average molecular weight is 379 g/mol. The van der Waals surface area contributed by atoms with E-state index in [0.29, 0.717) is 0 Å². The normalized spacial score (nSPS) is 17.0. The number of ether oxygens (including phenoxy) is 1. The molecule has 0 bridgehead atoms. The van der Waals surface area contributed by atoms with Crippen LogP contribution in [0.5, 0.6) is 0 Å². The maximum atomic E-state index is 13.0. The predicted octanol–water partition coefficient (Wildman–Crippen LogP) is 2.40. The Morgan fingerprint density at radius 3 is 2.00 bits per heavy atom. The summed E-state index contributed by atoms with van der Waals surface area (Å²) < 4.78 is 45.8. The van der Waals surface area contributed by atoms with Gasteiger partial charge in [0.15, 0.2) is 0 Å². The van der Waals surface area contributed by atoms with Crippen molar-refractivity contribution in [2.75, 3.05) is 13.2 Å². The number of rotatable bonds is 5. The number of carboxylic acids is 1. The van der Waals surface area contributed by atoms with Gasteiger partial charge in [-0.2, -0.15) is 4.72 Å². The molecule has 2 aromatic carbocycles. The van der Waals surface area contributed by atoms with Crippen molar-refractivity contribution in [2.24, 2.45) is 0 Å². The van der Waals surface area contributed by atoms with Crippen molar-refractivity contribution in [3.05, 3.63) is 54.3 Å². The van der Waals surface area contributed by atoms with Gasteiger partial charge in [-0.05, 0) is 35.4 Å². The first-order valence-corrected chi connectivity index (χ1v) is 9.52. The lowest BCUT2D eigenvalue weighted by Crippen LogP contribution is -2.57. The van der Waals surface area contributed by atoms with Crippen molar-refractivity contribution in [3.63, 3.8) is 0 Å². The van der Waals surface area contributed by atoms with Crippen LogP contribution in [0.3, 0.4) is 0 Å². The first-order valence-electron chi connectivity index (χ1n) is 8.04. The van der Waals surface area contributed by atoms with Crippen molar-refractivity contribution in [1.82, 2.24) is 4.72 Å². The Morgan fingerprint density at radius 1 is 1.00 bits per heavy atom. The van der Waals surface area contributed by atoms with Gasteiger partial charge in [0.05, 0.1) is 4.90 Å². The minimum Gasteiger partial charge on any atom is -0.480 e. The van der Waals surface area contributed by atoms with Crippen LogP contribution < -0.4 is 4.72 Å². The maximum absolute atomic E-state index is 13.0. The molecule has 0 atom stereocenters. The highest BCUT2D eigenvalue weighted by Gasteiger charge is 2.43. The number of aliphatic carboxylic acids is 1. The number of benzene rings is 2. The molecule has 2 N–H and O–H groups in total. The minimum atomic E-state index is -4.02. The van der Waals surface area contributed by atoms with Gasteiger partial charge in [-0.3, -0.25) is 4.79 Å². The summed E-state index contributed by atoms with van der Waals surface area (Å²) in [6, 6.07) is 11.8. The van der Waals surface area contributed by atoms with Gasteiger partial charge in [0.1, 0.15) is 11.4 Å². The molecule has 0 spiro atoms. The number of hydrogen-bond acceptors (Lipinski definition) is 4. The quantitative estimate of drug-likeness (QED) is 0.832. The summed E-state index contributed by atoms with van der Waals surface area (Å²) in [7, 11) is -4.02. The third kappa shape index (κ3) is 3.77. The van der Waals surface area contributed by atoms with E-state index < -0.39 is 21.5 Å². The van der Waals surface area contributed by atoms with Crippen LogP contribution in [0, 0.1) is 5.82 Å². The first kappa shape index (κ1) is 18.5. The highest BCUT2D eigenvalue weighted by atomic mass is 32.2. The smallest absolute Gasteiger partial charge is 0.325 e. The van der Waals surface area contributed by atoms with Gasteiger partial charge in [0.2, 0.25) is 10.0 Å². The van der Waals surface area contributed by atoms with Crippen molar-refractivity contribution < 1.29 is 27.4 Å². The number of nitrogens with one attached hydrogen (secondary N) is 1. The molecule has 0 saturated carbocycles. The molecular weight excluding hydrogens is 361 g/mol. The predicted molar refractivity (Wildman–Crippen MR) is 92.6 cm³/mol. The second-order valence-electron chi connectivity index (χ2n) is 6.14. The molecule has 0 aromatic heterocycles. The molecule has 8 heteroatoms. The van der Waals surface area contributed by atoms with Crippen LogP contribution in [0.4, 0.5) is 4.39 Å². The second-order valence-corrected chi connectivity index (χ2v) is 7.82. The molecule has 3 rings (SSSR count). The van der Waals surface area contributed by atoms with Gasteiger partial charge in [-0.25, -0.2) is 12.8 Å². The van der Waals surface area contributed by atoms with Crippen LogP contribution in [-0.4, -0.2) is 38.2 Å². The Balaban J connectivity index is 1.85. The molecule has 1 fully saturated rings. The van der Waals surface area contributed by atoms with Gasteiger partial charge in [0.25, 0.3) is 0 Å². The molecule has 138 valence electrons. The third-order valence-electron chi connectivity index (χ3n) is 4.43. The lowest BCUT2D eigenvalue weighted by atomic mass is 9.92. The standard InChI is InChI=1S/C18H18FNO5S/c19-15-5-1-13(2-6-15)14-3-7-16(8-4-14)26(23,24)20-18(17(21)22)9-11-25-12-10-18/h1-8,20H,9-12H2,(H,21,22). The summed E-state index contributed by atoms with van der Waals surface area (Å²) in [5.74, 6) is -1.57. The molecule has 0 radical (unpaired) electrons. The molecule has 0 amide bonds. The number of sulfonamides is 1. The van der Waals surface area contributed by atoms with Crippen LogP contribution in [0.2, 0.25) is 0 Å². The Hall–Kier alpha value is -2.29. The van der Waals surface area contributed by atoms with Crippen molar-refractivity contribution in [3.8, 4) is 11.1 Å². The van der Waals surface area contributed by atoms with Gasteiger partial charge in [-0.1, -0.05) is 24.3 Å². The van der Waals surface area contributed by atoms with Gasteiger partial charge in [-0.15, -0.1) is 0 Å². The summed E-state index contributed by atoms with van der Waals surface area (Å²) in [6.45, 7) is 0.358. The fourth-order valence-electron chi connectivity index (χ4n) is 2.86. The van der Waals surface area contributed by atoms with Crippen LogP contribution in [0.15, 0.2) is 53.4 Å². The number of hydrogen-bond donors (Lipinski definition) is 2. The van der Waals surface area contributed by atoms with E-state index >= 15 is 0 Å². The molecule has 1 saturated heterocycles. The van der Waals surface area contributed by atoms with Crippen LogP contribution in [0.25, 0.3) is 11.1 Å². The van der Waals surface area contributed by atoms with Crippen LogP contribution in [-0.2, 0) is 19.6 Å². The van der Waals surface area contributed by atoms with E-state index in [2.05, 4.69) is 4.72 Å².